The molecule has 7 heteroatoms. The van der Waals surface area contributed by atoms with Gasteiger partial charge < -0.3 is 8.98 Å². The van der Waals surface area contributed by atoms with E-state index in [1.165, 1.54) is 0 Å². The van der Waals surface area contributed by atoms with E-state index in [4.69, 9.17) is 29.3 Å². The van der Waals surface area contributed by atoms with Gasteiger partial charge in [0.2, 0.25) is 0 Å². The third kappa shape index (κ3) is 6.02. The Morgan fingerprint density at radius 2 is 0.855 bits per heavy atom. The lowest BCUT2D eigenvalue weighted by molar-refractivity contribution is 0.673. The van der Waals surface area contributed by atoms with Crippen LogP contribution in [0.15, 0.2) is 211 Å². The molecule has 0 saturated carbocycles. The summed E-state index contributed by atoms with van der Waals surface area (Å²) in [5, 5.41) is 4.30. The number of fused-ring (bicyclic) bond motifs is 7. The number of benzene rings is 8. The van der Waals surface area contributed by atoms with Crippen molar-refractivity contribution in [1.29, 1.82) is 0 Å². The van der Waals surface area contributed by atoms with Crippen molar-refractivity contribution in [2.45, 2.75) is 0 Å². The van der Waals surface area contributed by atoms with Gasteiger partial charge in [0.15, 0.2) is 23.3 Å². The minimum absolute atomic E-state index is 0.541. The summed E-state index contributed by atoms with van der Waals surface area (Å²) in [6, 6.07) is 70.2. The first-order valence-electron chi connectivity index (χ1n) is 20.6. The average Bonchev–Trinajstić information content (AvgIpc) is 3.90. The molecule has 62 heavy (non-hydrogen) atoms. The molecule has 0 N–H and O–H groups in total. The highest BCUT2D eigenvalue weighted by Crippen LogP contribution is 2.43. The molecule has 0 unspecified atom stereocenters. The van der Waals surface area contributed by atoms with E-state index >= 15 is 0 Å². The molecule has 8 aromatic carbocycles. The van der Waals surface area contributed by atoms with Gasteiger partial charge in [0.25, 0.3) is 0 Å². The molecule has 12 rings (SSSR count). The van der Waals surface area contributed by atoms with Crippen LogP contribution in [0.3, 0.4) is 0 Å². The summed E-state index contributed by atoms with van der Waals surface area (Å²) in [6.45, 7) is 0. The monoisotopic (exact) mass is 794 g/mol. The summed E-state index contributed by atoms with van der Waals surface area (Å²) in [5.74, 6) is 2.29. The van der Waals surface area contributed by atoms with Crippen molar-refractivity contribution in [1.82, 2.24) is 29.5 Å². The molecule has 0 aliphatic rings. The van der Waals surface area contributed by atoms with Crippen LogP contribution < -0.4 is 0 Å². The first-order chi connectivity index (χ1) is 30.7. The molecule has 0 bridgehead atoms. The Bertz CT molecular complexity index is 3510. The smallest absolute Gasteiger partial charge is 0.164 e. The van der Waals surface area contributed by atoms with Gasteiger partial charge >= 0.3 is 0 Å². The zero-order valence-electron chi connectivity index (χ0n) is 33.2. The molecule has 4 heterocycles. The van der Waals surface area contributed by atoms with Crippen molar-refractivity contribution in [3.63, 3.8) is 0 Å². The van der Waals surface area contributed by atoms with Crippen molar-refractivity contribution in [2.24, 2.45) is 0 Å². The van der Waals surface area contributed by atoms with Crippen LogP contribution in [-0.4, -0.2) is 29.5 Å². The minimum Gasteiger partial charge on any atom is -0.455 e. The maximum atomic E-state index is 6.68. The molecule has 0 saturated heterocycles. The van der Waals surface area contributed by atoms with Crippen LogP contribution in [0.2, 0.25) is 0 Å². The van der Waals surface area contributed by atoms with E-state index in [0.717, 1.165) is 94.2 Å². The van der Waals surface area contributed by atoms with Crippen LogP contribution >= 0.6 is 0 Å². The number of rotatable bonds is 7. The lowest BCUT2D eigenvalue weighted by Gasteiger charge is -2.17. The van der Waals surface area contributed by atoms with Gasteiger partial charge in [0.1, 0.15) is 11.2 Å². The zero-order valence-corrected chi connectivity index (χ0v) is 33.2. The topological polar surface area (TPSA) is 82.5 Å². The summed E-state index contributed by atoms with van der Waals surface area (Å²) >= 11 is 0. The quantitative estimate of drug-likeness (QED) is 0.160. The van der Waals surface area contributed by atoms with Gasteiger partial charge in [-0.2, -0.15) is 0 Å². The second-order valence-electron chi connectivity index (χ2n) is 15.3. The predicted molar refractivity (Wildman–Crippen MR) is 250 cm³/mol. The highest BCUT2D eigenvalue weighted by Gasteiger charge is 2.23. The normalized spacial score (nSPS) is 11.5. The Kier molecular flexibility index (Phi) is 8.35. The third-order valence-electron chi connectivity index (χ3n) is 11.5. The molecule has 0 aliphatic carbocycles. The number of para-hydroxylation sites is 2. The van der Waals surface area contributed by atoms with Crippen LogP contribution in [0.4, 0.5) is 0 Å². The van der Waals surface area contributed by atoms with Gasteiger partial charge in [0.05, 0.1) is 33.5 Å². The molecule has 0 spiro atoms. The number of hydrogen-bond donors (Lipinski definition) is 0. The van der Waals surface area contributed by atoms with E-state index < -0.39 is 0 Å². The number of aromatic nitrogens is 6. The molecule has 4 aromatic heterocycles. The first-order valence-corrected chi connectivity index (χ1v) is 20.6. The van der Waals surface area contributed by atoms with Crippen molar-refractivity contribution in [3.8, 4) is 73.8 Å². The molecule has 12 aromatic rings. The van der Waals surface area contributed by atoms with Crippen LogP contribution in [-0.2, 0) is 0 Å². The third-order valence-corrected chi connectivity index (χ3v) is 11.5. The molecule has 0 radical (unpaired) electrons. The summed E-state index contributed by atoms with van der Waals surface area (Å²) in [4.78, 5) is 26.0. The lowest BCUT2D eigenvalue weighted by atomic mass is 10.0. The Hall–Kier alpha value is -8.55. The SMILES string of the molecule is c1ccc(-c2cc(-c3ccccc3)nc(-c3cc(-c4nc(-c5ccccc5)nc(-c5ccccc5)n4)ccc3-n3c4ccccc4c4c5oc6ccccc6c5ccc43)n2)cc1. The Morgan fingerprint density at radius 1 is 0.339 bits per heavy atom. The lowest BCUT2D eigenvalue weighted by Crippen LogP contribution is -2.04. The van der Waals surface area contributed by atoms with Gasteiger partial charge in [-0.15, -0.1) is 0 Å². The van der Waals surface area contributed by atoms with Crippen LogP contribution in [0, 0.1) is 0 Å². The number of nitrogens with zero attached hydrogens (tertiary/aromatic N) is 6. The van der Waals surface area contributed by atoms with E-state index in [1.54, 1.807) is 0 Å². The molecular formula is C55H34N6O. The average molecular weight is 795 g/mol. The molecular weight excluding hydrogens is 761 g/mol. The second-order valence-corrected chi connectivity index (χ2v) is 15.3. The van der Waals surface area contributed by atoms with Crippen molar-refractivity contribution in [3.05, 3.63) is 206 Å². The van der Waals surface area contributed by atoms with E-state index in [0.29, 0.717) is 23.3 Å². The highest BCUT2D eigenvalue weighted by atomic mass is 16.3. The van der Waals surface area contributed by atoms with Gasteiger partial charge in [-0.1, -0.05) is 158 Å². The van der Waals surface area contributed by atoms with Gasteiger partial charge in [-0.3, -0.25) is 0 Å². The fourth-order valence-electron chi connectivity index (χ4n) is 8.56. The summed E-state index contributed by atoms with van der Waals surface area (Å²) < 4.78 is 8.99. The molecule has 0 atom stereocenters. The van der Waals surface area contributed by atoms with Crippen molar-refractivity contribution in [2.75, 3.05) is 0 Å². The van der Waals surface area contributed by atoms with Crippen LogP contribution in [0.5, 0.6) is 0 Å². The predicted octanol–water partition coefficient (Wildman–Crippen LogP) is 13.7. The zero-order chi connectivity index (χ0) is 41.0. The molecule has 0 aliphatic heterocycles. The molecule has 290 valence electrons. The van der Waals surface area contributed by atoms with Crippen molar-refractivity contribution >= 4 is 43.7 Å². The Balaban J connectivity index is 1.16. The standard InChI is InChI=1S/C55H34N6O/c1-5-17-35(18-6-1)44-34-45(36-19-7-2-8-20-36)57-55(56-44)43-33-39(54-59-52(37-21-9-3-10-22-37)58-53(60-54)38-23-11-4-12-24-38)29-31-47(43)61-46-27-15-13-26-42(46)50-48(61)32-30-41-40-25-14-16-28-49(40)62-51(41)50/h1-34H. The minimum atomic E-state index is 0.541. The summed E-state index contributed by atoms with van der Waals surface area (Å²) in [6.07, 6.45) is 0. The fraction of sp³-hybridized carbons (Fsp3) is 0. The van der Waals surface area contributed by atoms with E-state index in [1.807, 2.05) is 109 Å². The van der Waals surface area contributed by atoms with E-state index in [9.17, 15) is 0 Å². The van der Waals surface area contributed by atoms with Crippen LogP contribution in [0.1, 0.15) is 0 Å². The maximum Gasteiger partial charge on any atom is 0.164 e. The van der Waals surface area contributed by atoms with Gasteiger partial charge in [-0.05, 0) is 48.5 Å². The maximum absolute atomic E-state index is 6.68. The van der Waals surface area contributed by atoms with Gasteiger partial charge in [-0.25, -0.2) is 24.9 Å². The van der Waals surface area contributed by atoms with Crippen LogP contribution in [0.25, 0.3) is 117 Å². The van der Waals surface area contributed by atoms with E-state index in [-0.39, 0.29) is 0 Å². The van der Waals surface area contributed by atoms with Crippen molar-refractivity contribution < 1.29 is 4.42 Å². The highest BCUT2D eigenvalue weighted by molar-refractivity contribution is 6.24. The number of furan rings is 1. The largest absolute Gasteiger partial charge is 0.455 e. The molecule has 0 amide bonds. The van der Waals surface area contributed by atoms with Gasteiger partial charge in [0, 0.05) is 49.5 Å². The molecule has 7 nitrogen and oxygen atoms in total. The molecule has 0 fully saturated rings. The Labute approximate surface area is 356 Å². The van der Waals surface area contributed by atoms with E-state index in [2.05, 4.69) is 102 Å². The first kappa shape index (κ1) is 35.4. The fourth-order valence-corrected chi connectivity index (χ4v) is 8.56. The second kappa shape index (κ2) is 14.6. The number of hydrogen-bond acceptors (Lipinski definition) is 6. The summed E-state index contributed by atoms with van der Waals surface area (Å²) in [5.41, 5.74) is 11.7. The Morgan fingerprint density at radius 3 is 1.47 bits per heavy atom. The summed E-state index contributed by atoms with van der Waals surface area (Å²) in [7, 11) is 0.